The molecule has 0 radical (unpaired) electrons. The zero-order valence-corrected chi connectivity index (χ0v) is 17.8. The second-order valence-electron chi connectivity index (χ2n) is 6.32. The average molecular weight is 456 g/mol. The standard InChI is InChI=1S/C21H18BrN3O2S/c1-13-3-5-14(6-4-13)11-18-20(27)25(16-9-7-15(22)8-10-16)21(28-18)17(12-23)19(26)24-2/h3-10,18H,11H2,1-2H3,(H,24,26). The summed E-state index contributed by atoms with van der Waals surface area (Å²) in [5.74, 6) is -0.643. The van der Waals surface area contributed by atoms with Gasteiger partial charge in [0.1, 0.15) is 16.7 Å². The summed E-state index contributed by atoms with van der Waals surface area (Å²) in [6.07, 6.45) is 0.521. The van der Waals surface area contributed by atoms with E-state index in [1.807, 2.05) is 49.4 Å². The lowest BCUT2D eigenvalue weighted by molar-refractivity contribution is -0.117. The third-order valence-corrected chi connectivity index (χ3v) is 6.15. The molecule has 1 aliphatic rings. The number of likely N-dealkylation sites (N-methyl/N-ethyl adjacent to an activating group) is 1. The van der Waals surface area contributed by atoms with Crippen molar-refractivity contribution in [2.45, 2.75) is 18.6 Å². The summed E-state index contributed by atoms with van der Waals surface area (Å²) in [7, 11) is 1.47. The number of hydrogen-bond acceptors (Lipinski definition) is 4. The number of rotatable bonds is 4. The fourth-order valence-electron chi connectivity index (χ4n) is 2.88. The molecular formula is C21H18BrN3O2S. The monoisotopic (exact) mass is 455 g/mol. The fraction of sp³-hybridized carbons (Fsp3) is 0.190. The van der Waals surface area contributed by atoms with E-state index < -0.39 is 11.2 Å². The van der Waals surface area contributed by atoms with Crippen LogP contribution in [0.1, 0.15) is 11.1 Å². The zero-order chi connectivity index (χ0) is 20.3. The number of benzene rings is 2. The van der Waals surface area contributed by atoms with E-state index in [0.29, 0.717) is 17.1 Å². The van der Waals surface area contributed by atoms with Crippen LogP contribution in [-0.2, 0) is 16.0 Å². The van der Waals surface area contributed by atoms with Crippen LogP contribution in [0.5, 0.6) is 0 Å². The number of nitriles is 1. The summed E-state index contributed by atoms with van der Waals surface area (Å²) < 4.78 is 0.879. The predicted molar refractivity (Wildman–Crippen MR) is 115 cm³/mol. The molecular weight excluding hydrogens is 438 g/mol. The Balaban J connectivity index is 2.03. The maximum atomic E-state index is 13.2. The van der Waals surface area contributed by atoms with Crippen molar-refractivity contribution in [3.8, 4) is 6.07 Å². The number of hydrogen-bond donors (Lipinski definition) is 1. The molecule has 2 aromatic carbocycles. The molecule has 0 aromatic heterocycles. The molecule has 0 saturated carbocycles. The Morgan fingerprint density at radius 1 is 1.21 bits per heavy atom. The van der Waals surface area contributed by atoms with Crippen molar-refractivity contribution in [1.29, 1.82) is 5.26 Å². The minimum atomic E-state index is -0.504. The van der Waals surface area contributed by atoms with Gasteiger partial charge in [0.2, 0.25) is 5.91 Å². The first-order valence-corrected chi connectivity index (χ1v) is 10.3. The number of anilines is 1. The molecule has 2 amide bonds. The summed E-state index contributed by atoms with van der Waals surface area (Å²) in [5, 5.41) is 12.0. The molecule has 1 atom stereocenters. The Morgan fingerprint density at radius 3 is 2.43 bits per heavy atom. The quantitative estimate of drug-likeness (QED) is 0.559. The van der Waals surface area contributed by atoms with Crippen LogP contribution in [0.4, 0.5) is 5.69 Å². The number of carbonyl (C=O) groups is 2. The van der Waals surface area contributed by atoms with E-state index in [-0.39, 0.29) is 11.5 Å². The largest absolute Gasteiger partial charge is 0.354 e. The molecule has 1 aliphatic heterocycles. The molecule has 0 spiro atoms. The normalized spacial score (nSPS) is 18.0. The molecule has 7 heteroatoms. The number of nitrogens with zero attached hydrogens (tertiary/aromatic N) is 2. The van der Waals surface area contributed by atoms with Gasteiger partial charge in [-0.25, -0.2) is 0 Å². The van der Waals surface area contributed by atoms with E-state index in [9.17, 15) is 14.9 Å². The lowest BCUT2D eigenvalue weighted by atomic mass is 10.1. The Bertz CT molecular complexity index is 978. The van der Waals surface area contributed by atoms with E-state index in [0.717, 1.165) is 15.6 Å². The highest BCUT2D eigenvalue weighted by Gasteiger charge is 2.40. The van der Waals surface area contributed by atoms with E-state index in [1.54, 1.807) is 12.1 Å². The van der Waals surface area contributed by atoms with E-state index in [2.05, 4.69) is 21.2 Å². The van der Waals surface area contributed by atoms with Crippen molar-refractivity contribution in [3.63, 3.8) is 0 Å². The topological polar surface area (TPSA) is 73.2 Å². The lowest BCUT2D eigenvalue weighted by Crippen LogP contribution is -2.31. The van der Waals surface area contributed by atoms with Crippen molar-refractivity contribution < 1.29 is 9.59 Å². The van der Waals surface area contributed by atoms with Crippen LogP contribution >= 0.6 is 27.7 Å². The van der Waals surface area contributed by atoms with Gasteiger partial charge in [0.15, 0.2) is 0 Å². The second kappa shape index (κ2) is 8.63. The Kier molecular flexibility index (Phi) is 6.22. The first kappa shape index (κ1) is 20.2. The van der Waals surface area contributed by atoms with Gasteiger partial charge in [-0.1, -0.05) is 57.5 Å². The molecule has 0 aliphatic carbocycles. The highest BCUT2D eigenvalue weighted by molar-refractivity contribution is 9.10. The van der Waals surface area contributed by atoms with Crippen LogP contribution in [-0.4, -0.2) is 24.1 Å². The smallest absolute Gasteiger partial charge is 0.264 e. The molecule has 5 nitrogen and oxygen atoms in total. The maximum absolute atomic E-state index is 13.2. The molecule has 142 valence electrons. The number of thioether (sulfide) groups is 1. The minimum absolute atomic E-state index is 0.0600. The minimum Gasteiger partial charge on any atom is -0.354 e. The molecule has 3 rings (SSSR count). The molecule has 28 heavy (non-hydrogen) atoms. The highest BCUT2D eigenvalue weighted by atomic mass is 79.9. The number of halogens is 1. The van der Waals surface area contributed by atoms with Crippen LogP contribution in [0, 0.1) is 18.3 Å². The molecule has 1 unspecified atom stereocenters. The highest BCUT2D eigenvalue weighted by Crippen LogP contribution is 2.42. The zero-order valence-electron chi connectivity index (χ0n) is 15.4. The van der Waals surface area contributed by atoms with Gasteiger partial charge in [-0.15, -0.1) is 0 Å². The van der Waals surface area contributed by atoms with Crippen LogP contribution in [0.3, 0.4) is 0 Å². The Morgan fingerprint density at radius 2 is 1.86 bits per heavy atom. The third-order valence-electron chi connectivity index (χ3n) is 4.36. The molecule has 1 N–H and O–H groups in total. The van der Waals surface area contributed by atoms with Crippen molar-refractivity contribution in [3.05, 3.63) is 74.7 Å². The van der Waals surface area contributed by atoms with Crippen LogP contribution in [0.25, 0.3) is 0 Å². The van der Waals surface area contributed by atoms with Gasteiger partial charge in [-0.3, -0.25) is 14.5 Å². The first-order valence-electron chi connectivity index (χ1n) is 8.62. The second-order valence-corrected chi connectivity index (χ2v) is 8.42. The summed E-state index contributed by atoms with van der Waals surface area (Å²) in [4.78, 5) is 26.9. The van der Waals surface area contributed by atoms with Crippen molar-refractivity contribution in [2.75, 3.05) is 11.9 Å². The SMILES string of the molecule is CNC(=O)C(C#N)=C1SC(Cc2ccc(C)cc2)C(=O)N1c1ccc(Br)cc1. The summed E-state index contributed by atoms with van der Waals surface area (Å²) in [6.45, 7) is 2.01. The van der Waals surface area contributed by atoms with Gasteiger partial charge in [-0.05, 0) is 43.2 Å². The summed E-state index contributed by atoms with van der Waals surface area (Å²) in [5.41, 5.74) is 2.75. The van der Waals surface area contributed by atoms with E-state index >= 15 is 0 Å². The van der Waals surface area contributed by atoms with Crippen molar-refractivity contribution in [2.24, 2.45) is 0 Å². The predicted octanol–water partition coefficient (Wildman–Crippen LogP) is 3.93. The van der Waals surface area contributed by atoms with E-state index in [4.69, 9.17) is 0 Å². The van der Waals surface area contributed by atoms with Crippen LogP contribution < -0.4 is 10.2 Å². The lowest BCUT2D eigenvalue weighted by Gasteiger charge is -2.18. The maximum Gasteiger partial charge on any atom is 0.264 e. The van der Waals surface area contributed by atoms with Gasteiger partial charge in [0.05, 0.1) is 5.25 Å². The van der Waals surface area contributed by atoms with Crippen LogP contribution in [0.15, 0.2) is 63.6 Å². The third kappa shape index (κ3) is 4.13. The van der Waals surface area contributed by atoms with E-state index in [1.165, 1.54) is 23.7 Å². The van der Waals surface area contributed by atoms with Gasteiger partial charge in [0, 0.05) is 17.2 Å². The van der Waals surface area contributed by atoms with Crippen molar-refractivity contribution in [1.82, 2.24) is 5.32 Å². The summed E-state index contributed by atoms with van der Waals surface area (Å²) >= 11 is 4.65. The van der Waals surface area contributed by atoms with Gasteiger partial charge in [0.25, 0.3) is 5.91 Å². The first-order chi connectivity index (χ1) is 13.4. The summed E-state index contributed by atoms with van der Waals surface area (Å²) in [6, 6.07) is 17.2. The molecule has 0 bridgehead atoms. The molecule has 2 aromatic rings. The van der Waals surface area contributed by atoms with Gasteiger partial charge < -0.3 is 5.32 Å². The fourth-order valence-corrected chi connectivity index (χ4v) is 4.45. The van der Waals surface area contributed by atoms with Gasteiger partial charge in [-0.2, -0.15) is 5.26 Å². The molecule has 1 heterocycles. The number of carbonyl (C=O) groups excluding carboxylic acids is 2. The Labute approximate surface area is 176 Å². The number of aryl methyl sites for hydroxylation is 1. The number of nitrogens with one attached hydrogen (secondary N) is 1. The van der Waals surface area contributed by atoms with Crippen molar-refractivity contribution >= 4 is 45.2 Å². The average Bonchev–Trinajstić information content (AvgIpc) is 3.00. The van der Waals surface area contributed by atoms with Gasteiger partial charge >= 0.3 is 0 Å². The Hall–Kier alpha value is -2.56. The number of amides is 2. The van der Waals surface area contributed by atoms with Crippen LogP contribution in [0.2, 0.25) is 0 Å². The molecule has 1 fully saturated rings. The molecule has 1 saturated heterocycles.